The van der Waals surface area contributed by atoms with E-state index in [0.29, 0.717) is 30.3 Å². The van der Waals surface area contributed by atoms with E-state index >= 15 is 0 Å². The second-order valence-corrected chi connectivity index (χ2v) is 9.43. The van der Waals surface area contributed by atoms with Crippen LogP contribution in [0.4, 0.5) is 5.69 Å². The van der Waals surface area contributed by atoms with E-state index in [1.54, 1.807) is 31.3 Å². The van der Waals surface area contributed by atoms with E-state index in [1.165, 1.54) is 30.2 Å². The number of likely N-dealkylation sites (N-methyl/N-ethyl adjacent to an activating group) is 1. The van der Waals surface area contributed by atoms with Gasteiger partial charge in [-0.05, 0) is 61.5 Å². The summed E-state index contributed by atoms with van der Waals surface area (Å²) >= 11 is 6.16. The second-order valence-electron chi connectivity index (χ2n) is 7.37. The van der Waals surface area contributed by atoms with E-state index in [0.717, 1.165) is 5.56 Å². The fourth-order valence-corrected chi connectivity index (χ4v) is 4.55. The van der Waals surface area contributed by atoms with Crippen molar-refractivity contribution in [2.75, 3.05) is 32.0 Å². The minimum Gasteiger partial charge on any atom is -0.497 e. The number of benzene rings is 3. The number of methoxy groups -OCH3 is 1. The molecule has 0 fully saturated rings. The number of aryl methyl sites for hydroxylation is 1. The summed E-state index contributed by atoms with van der Waals surface area (Å²) in [7, 11) is -0.875. The highest BCUT2D eigenvalue weighted by Gasteiger charge is 2.22. The highest BCUT2D eigenvalue weighted by Crippen LogP contribution is 2.26. The van der Waals surface area contributed by atoms with Gasteiger partial charge in [-0.2, -0.15) is 0 Å². The summed E-state index contributed by atoms with van der Waals surface area (Å²) in [5.74, 6) is 0.962. The Bertz CT molecular complexity index is 1210. The Morgan fingerprint density at radius 1 is 1.00 bits per heavy atom. The molecule has 33 heavy (non-hydrogen) atoms. The molecule has 3 aromatic rings. The summed E-state index contributed by atoms with van der Waals surface area (Å²) < 4.78 is 39.0. The van der Waals surface area contributed by atoms with Crippen molar-refractivity contribution in [3.63, 3.8) is 0 Å². The minimum absolute atomic E-state index is 0.0120. The number of carbonyl (C=O) groups excluding carboxylic acids is 1. The molecule has 0 heterocycles. The van der Waals surface area contributed by atoms with E-state index in [-0.39, 0.29) is 21.4 Å². The fraction of sp³-hybridized carbons (Fsp3) is 0.208. The number of hydrogen-bond donors (Lipinski definition) is 1. The standard InChI is InChI=1S/C24H25ClN2O5S/c1-17-4-9-21(10-5-17)32-15-14-27(2)24(28)18-6-13-22(25)23(16-18)33(29,30)26-19-7-11-20(31-3)12-8-19/h4-13,16,26H,14-15H2,1-3H3. The molecule has 0 aliphatic heterocycles. The molecular formula is C24H25ClN2O5S. The Morgan fingerprint density at radius 3 is 2.27 bits per heavy atom. The van der Waals surface area contributed by atoms with Crippen molar-refractivity contribution < 1.29 is 22.7 Å². The highest BCUT2D eigenvalue weighted by atomic mass is 35.5. The molecular weight excluding hydrogens is 464 g/mol. The molecule has 9 heteroatoms. The van der Waals surface area contributed by atoms with Gasteiger partial charge in [0, 0.05) is 18.3 Å². The lowest BCUT2D eigenvalue weighted by Gasteiger charge is -2.18. The normalized spacial score (nSPS) is 11.0. The van der Waals surface area contributed by atoms with Gasteiger partial charge in [-0.3, -0.25) is 9.52 Å². The average Bonchev–Trinajstić information content (AvgIpc) is 2.80. The van der Waals surface area contributed by atoms with Crippen LogP contribution in [-0.4, -0.2) is 46.5 Å². The van der Waals surface area contributed by atoms with Crippen LogP contribution in [0, 0.1) is 6.92 Å². The van der Waals surface area contributed by atoms with Crippen molar-refractivity contribution in [2.45, 2.75) is 11.8 Å². The van der Waals surface area contributed by atoms with Gasteiger partial charge in [0.25, 0.3) is 15.9 Å². The summed E-state index contributed by atoms with van der Waals surface area (Å²) in [6, 6.07) is 18.2. The lowest BCUT2D eigenvalue weighted by Crippen LogP contribution is -2.31. The van der Waals surface area contributed by atoms with Crippen LogP contribution >= 0.6 is 11.6 Å². The van der Waals surface area contributed by atoms with Crippen LogP contribution in [0.15, 0.2) is 71.6 Å². The predicted molar refractivity (Wildman–Crippen MR) is 129 cm³/mol. The van der Waals surface area contributed by atoms with Crippen molar-refractivity contribution in [1.29, 1.82) is 0 Å². The number of rotatable bonds is 9. The van der Waals surface area contributed by atoms with Crippen molar-refractivity contribution in [2.24, 2.45) is 0 Å². The Hall–Kier alpha value is -3.23. The molecule has 0 aliphatic carbocycles. The maximum atomic E-state index is 12.9. The van der Waals surface area contributed by atoms with Crippen LogP contribution < -0.4 is 14.2 Å². The topological polar surface area (TPSA) is 84.9 Å². The second kappa shape index (κ2) is 10.6. The number of anilines is 1. The monoisotopic (exact) mass is 488 g/mol. The molecule has 0 saturated heterocycles. The minimum atomic E-state index is -4.02. The van der Waals surface area contributed by atoms with Gasteiger partial charge in [0.2, 0.25) is 0 Å². The van der Waals surface area contributed by atoms with Gasteiger partial charge in [0.05, 0.1) is 18.7 Å². The number of ether oxygens (including phenoxy) is 2. The van der Waals surface area contributed by atoms with Crippen LogP contribution in [0.3, 0.4) is 0 Å². The van der Waals surface area contributed by atoms with Crippen LogP contribution in [0.1, 0.15) is 15.9 Å². The van der Waals surface area contributed by atoms with Gasteiger partial charge in [-0.15, -0.1) is 0 Å². The molecule has 3 rings (SSSR count). The number of amides is 1. The maximum Gasteiger partial charge on any atom is 0.263 e. The van der Waals surface area contributed by atoms with E-state index in [4.69, 9.17) is 21.1 Å². The third kappa shape index (κ3) is 6.40. The lowest BCUT2D eigenvalue weighted by molar-refractivity contribution is 0.0773. The number of nitrogens with one attached hydrogen (secondary N) is 1. The first-order valence-corrected chi connectivity index (χ1v) is 12.0. The van der Waals surface area contributed by atoms with E-state index in [1.807, 2.05) is 31.2 Å². The molecule has 0 saturated carbocycles. The molecule has 3 aromatic carbocycles. The quantitative estimate of drug-likeness (QED) is 0.475. The average molecular weight is 489 g/mol. The summed E-state index contributed by atoms with van der Waals surface area (Å²) in [4.78, 5) is 14.1. The first-order chi connectivity index (χ1) is 15.7. The van der Waals surface area contributed by atoms with Crippen molar-refractivity contribution in [1.82, 2.24) is 4.90 Å². The first-order valence-electron chi connectivity index (χ1n) is 10.1. The number of hydrogen-bond acceptors (Lipinski definition) is 5. The van der Waals surface area contributed by atoms with Gasteiger partial charge in [-0.25, -0.2) is 8.42 Å². The third-order valence-corrected chi connectivity index (χ3v) is 6.74. The molecule has 0 atom stereocenters. The molecule has 174 valence electrons. The Labute approximate surface area is 198 Å². The molecule has 1 amide bonds. The fourth-order valence-electron chi connectivity index (χ4n) is 2.97. The Balaban J connectivity index is 1.69. The SMILES string of the molecule is COc1ccc(NS(=O)(=O)c2cc(C(=O)N(C)CCOc3ccc(C)cc3)ccc2Cl)cc1. The van der Waals surface area contributed by atoms with Crippen molar-refractivity contribution >= 4 is 33.2 Å². The van der Waals surface area contributed by atoms with Crippen LogP contribution in [0.5, 0.6) is 11.5 Å². The number of halogens is 1. The van der Waals surface area contributed by atoms with E-state index in [2.05, 4.69) is 4.72 Å². The zero-order valence-electron chi connectivity index (χ0n) is 18.5. The Kier molecular flexibility index (Phi) is 7.84. The van der Waals surface area contributed by atoms with Gasteiger partial charge in [0.1, 0.15) is 23.0 Å². The lowest BCUT2D eigenvalue weighted by atomic mass is 10.2. The molecule has 0 spiro atoms. The van der Waals surface area contributed by atoms with Gasteiger partial charge in [-0.1, -0.05) is 29.3 Å². The van der Waals surface area contributed by atoms with E-state index < -0.39 is 10.0 Å². The summed E-state index contributed by atoms with van der Waals surface area (Å²) in [5, 5.41) is 0.0120. The first kappa shape index (κ1) is 24.4. The summed E-state index contributed by atoms with van der Waals surface area (Å²) in [6.45, 7) is 2.61. The van der Waals surface area contributed by atoms with Gasteiger partial charge >= 0.3 is 0 Å². The number of sulfonamides is 1. The molecule has 7 nitrogen and oxygen atoms in total. The zero-order valence-corrected chi connectivity index (χ0v) is 20.1. The third-order valence-electron chi connectivity index (χ3n) is 4.87. The smallest absolute Gasteiger partial charge is 0.263 e. The predicted octanol–water partition coefficient (Wildman–Crippen LogP) is 4.61. The molecule has 0 bridgehead atoms. The van der Waals surface area contributed by atoms with Gasteiger partial charge in [0.15, 0.2) is 0 Å². The Morgan fingerprint density at radius 2 is 1.64 bits per heavy atom. The number of nitrogens with zero attached hydrogens (tertiary/aromatic N) is 1. The molecule has 0 aliphatic rings. The highest BCUT2D eigenvalue weighted by molar-refractivity contribution is 7.92. The zero-order chi connectivity index (χ0) is 24.0. The summed E-state index contributed by atoms with van der Waals surface area (Å²) in [6.07, 6.45) is 0. The largest absolute Gasteiger partial charge is 0.497 e. The number of carbonyl (C=O) groups is 1. The molecule has 1 N–H and O–H groups in total. The van der Waals surface area contributed by atoms with E-state index in [9.17, 15) is 13.2 Å². The molecule has 0 aromatic heterocycles. The molecule has 0 radical (unpaired) electrons. The van der Waals surface area contributed by atoms with Crippen LogP contribution in [-0.2, 0) is 10.0 Å². The summed E-state index contributed by atoms with van der Waals surface area (Å²) in [5.41, 5.74) is 1.67. The molecule has 0 unspecified atom stereocenters. The van der Waals surface area contributed by atoms with Crippen LogP contribution in [0.25, 0.3) is 0 Å². The van der Waals surface area contributed by atoms with Crippen LogP contribution in [0.2, 0.25) is 5.02 Å². The maximum absolute atomic E-state index is 12.9. The van der Waals surface area contributed by atoms with Crippen molar-refractivity contribution in [3.05, 3.63) is 82.9 Å². The van der Waals surface area contributed by atoms with Gasteiger partial charge < -0.3 is 14.4 Å². The van der Waals surface area contributed by atoms with Crippen molar-refractivity contribution in [3.8, 4) is 11.5 Å².